The zero-order valence-corrected chi connectivity index (χ0v) is 10.4. The van der Waals surface area contributed by atoms with E-state index in [9.17, 15) is 22.0 Å². The van der Waals surface area contributed by atoms with Gasteiger partial charge in [0.15, 0.2) is 23.3 Å². The summed E-state index contributed by atoms with van der Waals surface area (Å²) in [6.07, 6.45) is 0. The summed E-state index contributed by atoms with van der Waals surface area (Å²) < 4.78 is 66.5. The van der Waals surface area contributed by atoms with Crippen LogP contribution in [0.15, 0.2) is 24.3 Å². The molecule has 6 heteroatoms. The average molecular weight is 287 g/mol. The van der Waals surface area contributed by atoms with Gasteiger partial charge in [0.25, 0.3) is 0 Å². The van der Waals surface area contributed by atoms with Crippen LogP contribution in [-0.4, -0.2) is 0 Å². The van der Waals surface area contributed by atoms with E-state index in [4.69, 9.17) is 5.73 Å². The fourth-order valence-corrected chi connectivity index (χ4v) is 1.93. The maximum absolute atomic E-state index is 13.6. The first-order valence-corrected chi connectivity index (χ1v) is 5.68. The summed E-state index contributed by atoms with van der Waals surface area (Å²) in [5.74, 6) is -10.0. The highest BCUT2D eigenvalue weighted by Crippen LogP contribution is 2.30. The number of benzene rings is 2. The summed E-state index contributed by atoms with van der Waals surface area (Å²) >= 11 is 0. The lowest BCUT2D eigenvalue weighted by atomic mass is 9.97. The molecule has 0 spiro atoms. The molecule has 0 aliphatic carbocycles. The fourth-order valence-electron chi connectivity index (χ4n) is 1.93. The molecular weight excluding hydrogens is 277 g/mol. The second-order valence-electron chi connectivity index (χ2n) is 4.38. The Bertz CT molecular complexity index is 640. The van der Waals surface area contributed by atoms with E-state index in [1.807, 2.05) is 0 Å². The Morgan fingerprint density at radius 3 is 1.85 bits per heavy atom. The highest BCUT2D eigenvalue weighted by atomic mass is 19.2. The Morgan fingerprint density at radius 1 is 0.850 bits per heavy atom. The Morgan fingerprint density at radius 2 is 1.35 bits per heavy atom. The van der Waals surface area contributed by atoms with Crippen molar-refractivity contribution in [1.29, 1.82) is 0 Å². The molecule has 2 rings (SSSR count). The molecule has 0 amide bonds. The van der Waals surface area contributed by atoms with Crippen LogP contribution in [-0.2, 0) is 0 Å². The molecule has 0 aliphatic heterocycles. The monoisotopic (exact) mass is 287 g/mol. The van der Waals surface area contributed by atoms with Crippen molar-refractivity contribution < 1.29 is 22.0 Å². The zero-order chi connectivity index (χ0) is 15.0. The van der Waals surface area contributed by atoms with Crippen LogP contribution >= 0.6 is 0 Å². The van der Waals surface area contributed by atoms with Gasteiger partial charge in [0, 0.05) is 0 Å². The number of nitrogens with two attached hydrogens (primary N) is 1. The van der Waals surface area contributed by atoms with Gasteiger partial charge in [0.2, 0.25) is 5.82 Å². The maximum atomic E-state index is 13.6. The molecule has 0 fully saturated rings. The lowest BCUT2D eigenvalue weighted by Gasteiger charge is -2.16. The summed E-state index contributed by atoms with van der Waals surface area (Å²) in [6.45, 7) is 1.72. The van der Waals surface area contributed by atoms with Crippen molar-refractivity contribution in [2.75, 3.05) is 0 Å². The van der Waals surface area contributed by atoms with Crippen LogP contribution in [0.2, 0.25) is 0 Å². The first-order valence-electron chi connectivity index (χ1n) is 5.68. The van der Waals surface area contributed by atoms with Crippen LogP contribution in [0.4, 0.5) is 22.0 Å². The summed E-state index contributed by atoms with van der Waals surface area (Å²) in [4.78, 5) is 0. The molecule has 106 valence electrons. The van der Waals surface area contributed by atoms with E-state index >= 15 is 0 Å². The van der Waals surface area contributed by atoms with E-state index in [0.717, 1.165) is 5.56 Å². The largest absolute Gasteiger partial charge is 0.320 e. The van der Waals surface area contributed by atoms with Crippen LogP contribution < -0.4 is 5.73 Å². The van der Waals surface area contributed by atoms with Crippen molar-refractivity contribution in [2.45, 2.75) is 13.0 Å². The van der Waals surface area contributed by atoms with Crippen molar-refractivity contribution in [3.05, 3.63) is 70.0 Å². The maximum Gasteiger partial charge on any atom is 0.200 e. The van der Waals surface area contributed by atoms with Gasteiger partial charge in [-0.2, -0.15) is 0 Å². The van der Waals surface area contributed by atoms with Gasteiger partial charge in [-0.15, -0.1) is 0 Å². The molecule has 2 aromatic rings. The lowest BCUT2D eigenvalue weighted by Crippen LogP contribution is -2.19. The molecule has 0 heterocycles. The third kappa shape index (κ3) is 2.27. The SMILES string of the molecule is Cc1cccc(C(N)c2c(F)c(F)c(F)c(F)c2F)c1. The minimum Gasteiger partial charge on any atom is -0.320 e. The van der Waals surface area contributed by atoms with Crippen LogP contribution in [0.1, 0.15) is 22.7 Å². The lowest BCUT2D eigenvalue weighted by molar-refractivity contribution is 0.367. The van der Waals surface area contributed by atoms with Crippen molar-refractivity contribution in [3.63, 3.8) is 0 Å². The summed E-state index contributed by atoms with van der Waals surface area (Å²) in [5, 5.41) is 0. The van der Waals surface area contributed by atoms with E-state index in [0.29, 0.717) is 0 Å². The number of aryl methyl sites for hydroxylation is 1. The molecular formula is C14H10F5N. The van der Waals surface area contributed by atoms with E-state index in [-0.39, 0.29) is 5.56 Å². The molecule has 0 bridgehead atoms. The Kier molecular flexibility index (Phi) is 3.76. The Balaban J connectivity index is 2.64. The minimum atomic E-state index is -2.19. The van der Waals surface area contributed by atoms with Gasteiger partial charge in [0.05, 0.1) is 11.6 Å². The second-order valence-corrected chi connectivity index (χ2v) is 4.38. The standard InChI is InChI=1S/C14H10F5N/c1-6-3-2-4-7(5-6)14(20)8-9(15)11(17)13(19)12(18)10(8)16/h2-5,14H,20H2,1H3. The summed E-state index contributed by atoms with van der Waals surface area (Å²) in [6, 6.07) is 4.82. The van der Waals surface area contributed by atoms with E-state index in [1.165, 1.54) is 12.1 Å². The summed E-state index contributed by atoms with van der Waals surface area (Å²) in [5.41, 5.74) is 5.61. The van der Waals surface area contributed by atoms with Crippen LogP contribution in [0.25, 0.3) is 0 Å². The van der Waals surface area contributed by atoms with Gasteiger partial charge < -0.3 is 5.73 Å². The minimum absolute atomic E-state index is 0.258. The smallest absolute Gasteiger partial charge is 0.200 e. The zero-order valence-electron chi connectivity index (χ0n) is 10.4. The third-order valence-corrected chi connectivity index (χ3v) is 2.96. The first kappa shape index (κ1) is 14.5. The molecule has 2 N–H and O–H groups in total. The molecule has 1 unspecified atom stereocenters. The second kappa shape index (κ2) is 5.20. The van der Waals surface area contributed by atoms with Crippen molar-refractivity contribution in [2.24, 2.45) is 5.73 Å². The number of halogens is 5. The van der Waals surface area contributed by atoms with Gasteiger partial charge in [-0.25, -0.2) is 22.0 Å². The molecule has 1 atom stereocenters. The quantitative estimate of drug-likeness (QED) is 0.508. The van der Waals surface area contributed by atoms with Gasteiger partial charge in [-0.1, -0.05) is 29.8 Å². The molecule has 0 saturated heterocycles. The Hall–Kier alpha value is -1.95. The molecule has 0 aliphatic rings. The number of hydrogen-bond acceptors (Lipinski definition) is 1. The van der Waals surface area contributed by atoms with Crippen LogP contribution in [0, 0.1) is 36.0 Å². The Labute approximate surface area is 111 Å². The fraction of sp³-hybridized carbons (Fsp3) is 0.143. The predicted molar refractivity (Wildman–Crippen MR) is 63.4 cm³/mol. The van der Waals surface area contributed by atoms with Crippen LogP contribution in [0.3, 0.4) is 0 Å². The molecule has 1 nitrogen and oxygen atoms in total. The summed E-state index contributed by atoms with van der Waals surface area (Å²) in [7, 11) is 0. The molecule has 0 radical (unpaired) electrons. The number of hydrogen-bond donors (Lipinski definition) is 1. The topological polar surface area (TPSA) is 26.0 Å². The molecule has 0 saturated carbocycles. The van der Waals surface area contributed by atoms with Crippen molar-refractivity contribution in [1.82, 2.24) is 0 Å². The molecule has 0 aromatic heterocycles. The van der Waals surface area contributed by atoms with E-state index < -0.39 is 40.7 Å². The van der Waals surface area contributed by atoms with Crippen molar-refractivity contribution in [3.8, 4) is 0 Å². The highest BCUT2D eigenvalue weighted by Gasteiger charge is 2.29. The van der Waals surface area contributed by atoms with Gasteiger partial charge in [-0.3, -0.25) is 0 Å². The van der Waals surface area contributed by atoms with Crippen LogP contribution in [0.5, 0.6) is 0 Å². The van der Waals surface area contributed by atoms with E-state index in [2.05, 4.69) is 0 Å². The highest BCUT2D eigenvalue weighted by molar-refractivity contribution is 5.36. The predicted octanol–water partition coefficient (Wildman–Crippen LogP) is 3.74. The van der Waals surface area contributed by atoms with Gasteiger partial charge in [0.1, 0.15) is 0 Å². The van der Waals surface area contributed by atoms with Crippen molar-refractivity contribution >= 4 is 0 Å². The van der Waals surface area contributed by atoms with Gasteiger partial charge in [-0.05, 0) is 12.5 Å². The third-order valence-electron chi connectivity index (χ3n) is 2.96. The molecule has 20 heavy (non-hydrogen) atoms. The normalized spacial score (nSPS) is 12.6. The first-order chi connectivity index (χ1) is 9.34. The number of rotatable bonds is 2. The molecule has 2 aromatic carbocycles. The van der Waals surface area contributed by atoms with Gasteiger partial charge >= 0.3 is 0 Å². The van der Waals surface area contributed by atoms with E-state index in [1.54, 1.807) is 19.1 Å². The average Bonchev–Trinajstić information content (AvgIpc) is 2.43.